The Morgan fingerprint density at radius 2 is 2.50 bits per heavy atom. The van der Waals surface area contributed by atoms with Gasteiger partial charge in [-0.25, -0.2) is 0 Å². The number of aromatic amines is 1. The molecule has 0 unspecified atom stereocenters. The van der Waals surface area contributed by atoms with Gasteiger partial charge in [0.1, 0.15) is 0 Å². The van der Waals surface area contributed by atoms with Crippen LogP contribution in [-0.2, 0) is 5.41 Å². The highest BCUT2D eigenvalue weighted by molar-refractivity contribution is 5.21. The molecule has 3 N–H and O–H groups in total. The number of nitrogens with zero attached hydrogens (tertiary/aromatic N) is 2. The van der Waals surface area contributed by atoms with Gasteiger partial charge < -0.3 is 5.73 Å². The van der Waals surface area contributed by atoms with Gasteiger partial charge in [0.2, 0.25) is 0 Å². The fourth-order valence-corrected chi connectivity index (χ4v) is 1.17. The Hall–Kier alpha value is -0.900. The van der Waals surface area contributed by atoms with Crippen LogP contribution in [0.5, 0.6) is 0 Å². The highest BCUT2D eigenvalue weighted by Crippen LogP contribution is 2.45. The summed E-state index contributed by atoms with van der Waals surface area (Å²) in [5.74, 6) is 0. The molecule has 0 saturated heterocycles. The van der Waals surface area contributed by atoms with E-state index in [4.69, 9.17) is 5.73 Å². The van der Waals surface area contributed by atoms with E-state index in [9.17, 15) is 0 Å². The van der Waals surface area contributed by atoms with Crippen molar-refractivity contribution in [1.82, 2.24) is 15.4 Å². The van der Waals surface area contributed by atoms with E-state index in [1.807, 2.05) is 0 Å². The summed E-state index contributed by atoms with van der Waals surface area (Å²) >= 11 is 0. The minimum Gasteiger partial charge on any atom is -0.330 e. The van der Waals surface area contributed by atoms with Crippen LogP contribution in [0.25, 0.3) is 0 Å². The number of aromatic nitrogens is 3. The van der Waals surface area contributed by atoms with Crippen molar-refractivity contribution >= 4 is 0 Å². The van der Waals surface area contributed by atoms with Crippen molar-refractivity contribution in [3.63, 3.8) is 0 Å². The molecular weight excluding hydrogens is 128 g/mol. The summed E-state index contributed by atoms with van der Waals surface area (Å²) < 4.78 is 0. The Labute approximate surface area is 58.8 Å². The Morgan fingerprint density at radius 3 is 2.90 bits per heavy atom. The van der Waals surface area contributed by atoms with Crippen molar-refractivity contribution in [2.75, 3.05) is 6.54 Å². The fourth-order valence-electron chi connectivity index (χ4n) is 1.17. The maximum Gasteiger partial charge on any atom is 0.0898 e. The first-order chi connectivity index (χ1) is 4.87. The van der Waals surface area contributed by atoms with Gasteiger partial charge in [0, 0.05) is 12.0 Å². The number of nitrogens with one attached hydrogen (secondary N) is 1. The van der Waals surface area contributed by atoms with Crippen molar-refractivity contribution in [2.45, 2.75) is 18.3 Å². The molecule has 4 heteroatoms. The summed E-state index contributed by atoms with van der Waals surface area (Å²) in [5, 5.41) is 10.3. The third kappa shape index (κ3) is 0.654. The van der Waals surface area contributed by atoms with Gasteiger partial charge in [-0.05, 0) is 12.8 Å². The lowest BCUT2D eigenvalue weighted by Gasteiger charge is -2.05. The number of H-pyrrole nitrogens is 1. The van der Waals surface area contributed by atoms with E-state index in [0.29, 0.717) is 6.54 Å². The predicted molar refractivity (Wildman–Crippen MR) is 36.3 cm³/mol. The third-order valence-electron chi connectivity index (χ3n) is 2.20. The molecule has 0 amide bonds. The van der Waals surface area contributed by atoms with E-state index < -0.39 is 0 Å². The zero-order valence-electron chi connectivity index (χ0n) is 5.67. The van der Waals surface area contributed by atoms with E-state index >= 15 is 0 Å². The minimum absolute atomic E-state index is 0.188. The Kier molecular flexibility index (Phi) is 1.05. The molecule has 1 aliphatic rings. The number of nitrogens with two attached hydrogens (primary N) is 1. The number of hydrogen-bond donors (Lipinski definition) is 2. The average molecular weight is 138 g/mol. The molecule has 0 aromatic carbocycles. The van der Waals surface area contributed by atoms with E-state index in [1.165, 1.54) is 0 Å². The van der Waals surface area contributed by atoms with E-state index in [-0.39, 0.29) is 5.41 Å². The summed E-state index contributed by atoms with van der Waals surface area (Å²) in [5.41, 5.74) is 6.79. The van der Waals surface area contributed by atoms with Crippen LogP contribution in [0.2, 0.25) is 0 Å². The summed E-state index contributed by atoms with van der Waals surface area (Å²) in [6, 6.07) is 0. The van der Waals surface area contributed by atoms with Crippen LogP contribution < -0.4 is 5.73 Å². The Balaban J connectivity index is 2.27. The fraction of sp³-hybridized carbons (Fsp3) is 0.667. The van der Waals surface area contributed by atoms with Crippen molar-refractivity contribution in [1.29, 1.82) is 0 Å². The van der Waals surface area contributed by atoms with Gasteiger partial charge in [-0.1, -0.05) is 0 Å². The standard InChI is InChI=1S/C6H10N4/c7-4-6(1-2-6)5-3-8-10-9-5/h3H,1-2,4,7H2,(H,8,9,10). The van der Waals surface area contributed by atoms with Crippen LogP contribution in [0.3, 0.4) is 0 Å². The maximum absolute atomic E-state index is 5.58. The Morgan fingerprint density at radius 1 is 1.70 bits per heavy atom. The molecule has 1 aromatic heterocycles. The van der Waals surface area contributed by atoms with E-state index in [2.05, 4.69) is 15.4 Å². The molecule has 2 rings (SSSR count). The summed E-state index contributed by atoms with van der Waals surface area (Å²) in [6.45, 7) is 0.694. The molecule has 0 atom stereocenters. The Bertz CT molecular complexity index is 212. The highest BCUT2D eigenvalue weighted by Gasteiger charge is 2.44. The first-order valence-electron chi connectivity index (χ1n) is 3.44. The lowest BCUT2D eigenvalue weighted by molar-refractivity contribution is 0.674. The van der Waals surface area contributed by atoms with Gasteiger partial charge in [0.25, 0.3) is 0 Å². The van der Waals surface area contributed by atoms with Crippen molar-refractivity contribution in [3.05, 3.63) is 11.9 Å². The molecule has 0 aliphatic heterocycles. The predicted octanol–water partition coefficient (Wildman–Crippen LogP) is -0.205. The molecule has 0 spiro atoms. The monoisotopic (exact) mass is 138 g/mol. The van der Waals surface area contributed by atoms with Gasteiger partial charge in [0.15, 0.2) is 0 Å². The molecule has 1 aromatic rings. The van der Waals surface area contributed by atoms with E-state index in [1.54, 1.807) is 6.20 Å². The van der Waals surface area contributed by atoms with Gasteiger partial charge in [0.05, 0.1) is 11.9 Å². The second-order valence-electron chi connectivity index (χ2n) is 2.84. The molecule has 1 saturated carbocycles. The van der Waals surface area contributed by atoms with Crippen LogP contribution in [-0.4, -0.2) is 22.0 Å². The van der Waals surface area contributed by atoms with Crippen LogP contribution in [0.1, 0.15) is 18.5 Å². The third-order valence-corrected chi connectivity index (χ3v) is 2.20. The lowest BCUT2D eigenvalue weighted by Crippen LogP contribution is -2.19. The molecule has 54 valence electrons. The molecule has 0 bridgehead atoms. The van der Waals surface area contributed by atoms with Crippen molar-refractivity contribution in [3.8, 4) is 0 Å². The van der Waals surface area contributed by atoms with Crippen LogP contribution in [0, 0.1) is 0 Å². The van der Waals surface area contributed by atoms with Gasteiger partial charge >= 0.3 is 0 Å². The summed E-state index contributed by atoms with van der Waals surface area (Å²) in [7, 11) is 0. The second-order valence-corrected chi connectivity index (χ2v) is 2.84. The normalized spacial score (nSPS) is 20.9. The van der Waals surface area contributed by atoms with E-state index in [0.717, 1.165) is 18.5 Å². The molecule has 0 radical (unpaired) electrons. The van der Waals surface area contributed by atoms with Crippen LogP contribution in [0.4, 0.5) is 0 Å². The molecule has 1 aliphatic carbocycles. The first-order valence-corrected chi connectivity index (χ1v) is 3.44. The summed E-state index contributed by atoms with van der Waals surface area (Å²) in [4.78, 5) is 0. The van der Waals surface area contributed by atoms with Crippen LogP contribution >= 0.6 is 0 Å². The van der Waals surface area contributed by atoms with Crippen LogP contribution in [0.15, 0.2) is 6.20 Å². The summed E-state index contributed by atoms with van der Waals surface area (Å²) in [6.07, 6.45) is 4.09. The maximum atomic E-state index is 5.58. The average Bonchev–Trinajstić information content (AvgIpc) is 2.58. The second kappa shape index (κ2) is 1.79. The lowest BCUT2D eigenvalue weighted by atomic mass is 10.0. The highest BCUT2D eigenvalue weighted by atomic mass is 15.3. The SMILES string of the molecule is NCC1(c2cn[nH]n2)CC1. The van der Waals surface area contributed by atoms with Crippen molar-refractivity contribution < 1.29 is 0 Å². The molecule has 1 fully saturated rings. The number of rotatable bonds is 2. The molecule has 1 heterocycles. The molecule has 10 heavy (non-hydrogen) atoms. The number of hydrogen-bond acceptors (Lipinski definition) is 3. The minimum atomic E-state index is 0.188. The largest absolute Gasteiger partial charge is 0.330 e. The molecular formula is C6H10N4. The van der Waals surface area contributed by atoms with Gasteiger partial charge in [-0.3, -0.25) is 0 Å². The molecule has 4 nitrogen and oxygen atoms in total. The zero-order valence-corrected chi connectivity index (χ0v) is 5.67. The zero-order chi connectivity index (χ0) is 7.03. The quantitative estimate of drug-likeness (QED) is 0.594. The smallest absolute Gasteiger partial charge is 0.0898 e. The van der Waals surface area contributed by atoms with Gasteiger partial charge in [-0.15, -0.1) is 0 Å². The van der Waals surface area contributed by atoms with Gasteiger partial charge in [-0.2, -0.15) is 15.4 Å². The first kappa shape index (κ1) is 5.85. The van der Waals surface area contributed by atoms with Crippen molar-refractivity contribution in [2.24, 2.45) is 5.73 Å². The topological polar surface area (TPSA) is 67.6 Å².